The maximum atomic E-state index is 13.1. The number of nitrogens with zero attached hydrogens (tertiary/aromatic N) is 2. The summed E-state index contributed by atoms with van der Waals surface area (Å²) in [5, 5.41) is 3.29. The van der Waals surface area contributed by atoms with Gasteiger partial charge in [-0.1, -0.05) is 54.1 Å². The fourth-order valence-corrected chi connectivity index (χ4v) is 3.73. The van der Waals surface area contributed by atoms with Crippen molar-refractivity contribution in [2.24, 2.45) is 0 Å². The van der Waals surface area contributed by atoms with Crippen molar-refractivity contribution in [2.75, 3.05) is 12.4 Å². The SMILES string of the molecule is COc1cc(NC(=O)C(=O)c2cc(-c3ccccc3)n(Cc3ccc(Cl)cc3)c2C)ccn1. The van der Waals surface area contributed by atoms with Crippen LogP contribution in [0.1, 0.15) is 21.6 Å². The fourth-order valence-electron chi connectivity index (χ4n) is 3.61. The van der Waals surface area contributed by atoms with Gasteiger partial charge in [0.2, 0.25) is 5.88 Å². The first-order chi connectivity index (χ1) is 16.0. The Kier molecular flexibility index (Phi) is 6.56. The molecule has 0 radical (unpaired) electrons. The Morgan fingerprint density at radius 3 is 2.45 bits per heavy atom. The van der Waals surface area contributed by atoms with Gasteiger partial charge in [-0.05, 0) is 42.3 Å². The number of carbonyl (C=O) groups is 2. The van der Waals surface area contributed by atoms with Crippen molar-refractivity contribution in [3.05, 3.63) is 101 Å². The van der Waals surface area contributed by atoms with E-state index in [9.17, 15) is 9.59 Å². The molecular weight excluding hydrogens is 438 g/mol. The number of rotatable bonds is 7. The number of ketones is 1. The first kappa shape index (κ1) is 22.3. The number of methoxy groups -OCH3 is 1. The van der Waals surface area contributed by atoms with Gasteiger partial charge in [0.1, 0.15) is 0 Å². The highest BCUT2D eigenvalue weighted by Crippen LogP contribution is 2.28. The Morgan fingerprint density at radius 1 is 1.03 bits per heavy atom. The van der Waals surface area contributed by atoms with E-state index in [0.29, 0.717) is 34.4 Å². The van der Waals surface area contributed by atoms with Crippen molar-refractivity contribution in [3.63, 3.8) is 0 Å². The van der Waals surface area contributed by atoms with Crippen molar-refractivity contribution in [1.29, 1.82) is 0 Å². The summed E-state index contributed by atoms with van der Waals surface area (Å²) in [6, 6.07) is 22.3. The van der Waals surface area contributed by atoms with Gasteiger partial charge in [-0.3, -0.25) is 9.59 Å². The van der Waals surface area contributed by atoms with Gasteiger partial charge in [0.25, 0.3) is 11.7 Å². The Hall–Kier alpha value is -3.90. The van der Waals surface area contributed by atoms with E-state index in [1.54, 1.807) is 18.2 Å². The Labute approximate surface area is 196 Å². The average molecular weight is 460 g/mol. The molecule has 0 aliphatic heterocycles. The number of hydrogen-bond donors (Lipinski definition) is 1. The quantitative estimate of drug-likeness (QED) is 0.297. The summed E-state index contributed by atoms with van der Waals surface area (Å²) in [5.41, 5.74) is 4.32. The summed E-state index contributed by atoms with van der Waals surface area (Å²) in [5.74, 6) is -0.998. The van der Waals surface area contributed by atoms with Crippen LogP contribution in [0.15, 0.2) is 79.0 Å². The number of nitrogens with one attached hydrogen (secondary N) is 1. The van der Waals surface area contributed by atoms with E-state index in [-0.39, 0.29) is 0 Å². The number of carbonyl (C=O) groups excluding carboxylic acids is 2. The lowest BCUT2D eigenvalue weighted by molar-refractivity contribution is -0.112. The van der Waals surface area contributed by atoms with E-state index in [2.05, 4.69) is 10.3 Å². The zero-order valence-corrected chi connectivity index (χ0v) is 19.0. The minimum atomic E-state index is -0.727. The molecule has 1 N–H and O–H groups in total. The third-order valence-corrected chi connectivity index (χ3v) is 5.59. The fraction of sp³-hybridized carbons (Fsp3) is 0.115. The summed E-state index contributed by atoms with van der Waals surface area (Å²) in [6.07, 6.45) is 1.50. The molecule has 0 saturated heterocycles. The molecular formula is C26H22ClN3O3. The lowest BCUT2D eigenvalue weighted by Gasteiger charge is -2.13. The Bertz CT molecular complexity index is 1300. The highest BCUT2D eigenvalue weighted by molar-refractivity contribution is 6.47. The minimum absolute atomic E-state index is 0.344. The zero-order chi connectivity index (χ0) is 23.4. The van der Waals surface area contributed by atoms with E-state index >= 15 is 0 Å². The lowest BCUT2D eigenvalue weighted by Crippen LogP contribution is -2.23. The second-order valence-corrected chi connectivity index (χ2v) is 7.91. The van der Waals surface area contributed by atoms with Crippen LogP contribution in [0, 0.1) is 6.92 Å². The first-order valence-electron chi connectivity index (χ1n) is 10.3. The number of hydrogen-bond acceptors (Lipinski definition) is 4. The highest BCUT2D eigenvalue weighted by atomic mass is 35.5. The number of ether oxygens (including phenoxy) is 1. The molecule has 33 heavy (non-hydrogen) atoms. The van der Waals surface area contributed by atoms with E-state index in [0.717, 1.165) is 16.8 Å². The van der Waals surface area contributed by atoms with Crippen molar-refractivity contribution in [2.45, 2.75) is 13.5 Å². The van der Waals surface area contributed by atoms with Crippen LogP contribution >= 0.6 is 11.6 Å². The Morgan fingerprint density at radius 2 is 1.76 bits per heavy atom. The molecule has 1 amide bonds. The molecule has 0 aliphatic carbocycles. The summed E-state index contributed by atoms with van der Waals surface area (Å²) in [4.78, 5) is 29.9. The number of Topliss-reactive ketones (excluding diaryl/α,β-unsaturated/α-hetero) is 1. The lowest BCUT2D eigenvalue weighted by atomic mass is 10.1. The molecule has 0 aliphatic rings. The Balaban J connectivity index is 1.69. The van der Waals surface area contributed by atoms with Crippen molar-refractivity contribution in [1.82, 2.24) is 9.55 Å². The molecule has 4 rings (SSSR count). The molecule has 0 saturated carbocycles. The van der Waals surface area contributed by atoms with Gasteiger partial charge in [0.05, 0.1) is 7.11 Å². The molecule has 2 aromatic heterocycles. The zero-order valence-electron chi connectivity index (χ0n) is 18.2. The second-order valence-electron chi connectivity index (χ2n) is 7.48. The van der Waals surface area contributed by atoms with E-state index in [1.165, 1.54) is 13.3 Å². The minimum Gasteiger partial charge on any atom is -0.481 e. The van der Waals surface area contributed by atoms with Gasteiger partial charge in [-0.15, -0.1) is 0 Å². The molecule has 7 heteroatoms. The van der Waals surface area contributed by atoms with Crippen LogP contribution in [0.25, 0.3) is 11.3 Å². The topological polar surface area (TPSA) is 73.2 Å². The van der Waals surface area contributed by atoms with Gasteiger partial charge < -0.3 is 14.6 Å². The van der Waals surface area contributed by atoms with Gasteiger partial charge in [-0.25, -0.2) is 4.98 Å². The molecule has 0 spiro atoms. The van der Waals surface area contributed by atoms with Crippen LogP contribution in [0.5, 0.6) is 5.88 Å². The van der Waals surface area contributed by atoms with Crippen LogP contribution in [-0.4, -0.2) is 28.4 Å². The van der Waals surface area contributed by atoms with E-state index in [1.807, 2.05) is 66.1 Å². The number of benzene rings is 2. The number of amides is 1. The molecule has 6 nitrogen and oxygen atoms in total. The van der Waals surface area contributed by atoms with Gasteiger partial charge in [0, 0.05) is 46.5 Å². The second kappa shape index (κ2) is 9.71. The van der Waals surface area contributed by atoms with Gasteiger partial charge >= 0.3 is 0 Å². The molecule has 0 fully saturated rings. The average Bonchev–Trinajstić information content (AvgIpc) is 3.16. The number of halogens is 1. The monoisotopic (exact) mass is 459 g/mol. The van der Waals surface area contributed by atoms with Crippen LogP contribution in [-0.2, 0) is 11.3 Å². The molecule has 2 heterocycles. The largest absolute Gasteiger partial charge is 0.481 e. The third-order valence-electron chi connectivity index (χ3n) is 5.34. The summed E-state index contributed by atoms with van der Waals surface area (Å²) < 4.78 is 7.11. The van der Waals surface area contributed by atoms with Crippen LogP contribution in [0.2, 0.25) is 5.02 Å². The summed E-state index contributed by atoms with van der Waals surface area (Å²) in [7, 11) is 1.48. The maximum absolute atomic E-state index is 13.1. The summed E-state index contributed by atoms with van der Waals surface area (Å²) >= 11 is 6.03. The molecule has 166 valence electrons. The molecule has 0 unspecified atom stereocenters. The van der Waals surface area contributed by atoms with Crippen molar-refractivity contribution >= 4 is 29.0 Å². The van der Waals surface area contributed by atoms with E-state index in [4.69, 9.17) is 16.3 Å². The van der Waals surface area contributed by atoms with Crippen LogP contribution < -0.4 is 10.1 Å². The maximum Gasteiger partial charge on any atom is 0.296 e. The smallest absolute Gasteiger partial charge is 0.296 e. The number of aromatic nitrogens is 2. The highest BCUT2D eigenvalue weighted by Gasteiger charge is 2.24. The number of anilines is 1. The predicted molar refractivity (Wildman–Crippen MR) is 129 cm³/mol. The summed E-state index contributed by atoms with van der Waals surface area (Å²) in [6.45, 7) is 2.38. The normalized spacial score (nSPS) is 10.6. The van der Waals surface area contributed by atoms with Crippen LogP contribution in [0.4, 0.5) is 5.69 Å². The van der Waals surface area contributed by atoms with Gasteiger partial charge in [-0.2, -0.15) is 0 Å². The third kappa shape index (κ3) is 4.96. The molecule has 0 atom stereocenters. The molecule has 0 bridgehead atoms. The first-order valence-corrected chi connectivity index (χ1v) is 10.7. The predicted octanol–water partition coefficient (Wildman–Crippen LogP) is 5.39. The molecule has 4 aromatic rings. The molecule has 2 aromatic carbocycles. The number of pyridine rings is 1. The van der Waals surface area contributed by atoms with E-state index < -0.39 is 11.7 Å². The standard InChI is InChI=1S/C26H22ClN3O3/c1-17-22(25(31)26(32)29-21-12-13-28-24(14-21)33-2)15-23(19-6-4-3-5-7-19)30(17)16-18-8-10-20(27)11-9-18/h3-15H,16H2,1-2H3,(H,28,29,32). The van der Waals surface area contributed by atoms with Gasteiger partial charge in [0.15, 0.2) is 0 Å². The van der Waals surface area contributed by atoms with Crippen molar-refractivity contribution in [3.8, 4) is 17.1 Å². The van der Waals surface area contributed by atoms with Crippen molar-refractivity contribution < 1.29 is 14.3 Å². The van der Waals surface area contributed by atoms with Crippen LogP contribution in [0.3, 0.4) is 0 Å².